The number of hydrogen-bond donors (Lipinski definition) is 3. The van der Waals surface area contributed by atoms with Gasteiger partial charge in [-0.15, -0.1) is 0 Å². The van der Waals surface area contributed by atoms with Crippen molar-refractivity contribution < 1.29 is 28.6 Å². The minimum atomic E-state index is -1.83. The van der Waals surface area contributed by atoms with Crippen molar-refractivity contribution in [2.45, 2.75) is 57.0 Å². The Bertz CT molecular complexity index is 1210. The molecule has 1 aliphatic carbocycles. The van der Waals surface area contributed by atoms with Crippen molar-refractivity contribution in [1.82, 2.24) is 14.9 Å². The standard InChI is InChI=1S/C24H26F2N4O.CH2O3/c25-16-8-9-21(26)19(13-16)22-7-4-11-29(22)18-10-12-30-23(14-18)20(15-27-30)24(31)28-17-5-2-1-3-6-17;2-1(3)4/h8-10,12-15,17,22H,1-7,11H2,(H,28,31);(H2,2,3,4)/t22-;/m1./s1. The number of pyridine rings is 1. The van der Waals surface area contributed by atoms with Crippen molar-refractivity contribution in [1.29, 1.82) is 0 Å². The quantitative estimate of drug-likeness (QED) is 0.466. The third-order valence-electron chi connectivity index (χ3n) is 6.59. The Balaban J connectivity index is 0.000000672. The van der Waals surface area contributed by atoms with Crippen molar-refractivity contribution in [2.24, 2.45) is 0 Å². The molecule has 0 unspecified atom stereocenters. The zero-order chi connectivity index (χ0) is 24.9. The maximum atomic E-state index is 14.4. The summed E-state index contributed by atoms with van der Waals surface area (Å²) in [5.41, 5.74) is 2.52. The summed E-state index contributed by atoms with van der Waals surface area (Å²) in [6.07, 6.45) is 8.79. The summed E-state index contributed by atoms with van der Waals surface area (Å²) in [6, 6.07) is 7.46. The summed E-state index contributed by atoms with van der Waals surface area (Å²) in [4.78, 5) is 23.6. The summed E-state index contributed by atoms with van der Waals surface area (Å²) in [5.74, 6) is -0.930. The SMILES string of the molecule is O=C(NC1CCCCC1)c1cnn2ccc(N3CCC[C@@H]3c3cc(F)ccc3F)cc12.O=C(O)O. The summed E-state index contributed by atoms with van der Waals surface area (Å²) in [5, 5.41) is 21.4. The second-order valence-electron chi connectivity index (χ2n) is 8.88. The number of nitrogens with one attached hydrogen (secondary N) is 1. The van der Waals surface area contributed by atoms with Gasteiger partial charge >= 0.3 is 6.16 Å². The number of carbonyl (C=O) groups is 2. The molecule has 186 valence electrons. The predicted molar refractivity (Wildman–Crippen MR) is 126 cm³/mol. The van der Waals surface area contributed by atoms with E-state index >= 15 is 0 Å². The highest BCUT2D eigenvalue weighted by atomic mass is 19.1. The van der Waals surface area contributed by atoms with Crippen LogP contribution >= 0.6 is 0 Å². The van der Waals surface area contributed by atoms with Gasteiger partial charge < -0.3 is 20.4 Å². The van der Waals surface area contributed by atoms with E-state index in [1.54, 1.807) is 10.7 Å². The summed E-state index contributed by atoms with van der Waals surface area (Å²) in [6.45, 7) is 0.745. The maximum Gasteiger partial charge on any atom is 0.503 e. The number of amides is 1. The Morgan fingerprint density at radius 3 is 2.49 bits per heavy atom. The maximum absolute atomic E-state index is 14.4. The Labute approximate surface area is 201 Å². The lowest BCUT2D eigenvalue weighted by Gasteiger charge is -2.27. The highest BCUT2D eigenvalue weighted by molar-refractivity contribution is 6.01. The van der Waals surface area contributed by atoms with Gasteiger partial charge in [-0.05, 0) is 56.0 Å². The Morgan fingerprint density at radius 2 is 1.74 bits per heavy atom. The summed E-state index contributed by atoms with van der Waals surface area (Å²) < 4.78 is 29.9. The minimum absolute atomic E-state index is 0.104. The van der Waals surface area contributed by atoms with E-state index in [-0.39, 0.29) is 18.0 Å². The van der Waals surface area contributed by atoms with Crippen LogP contribution < -0.4 is 10.2 Å². The molecule has 3 aromatic rings. The number of fused-ring (bicyclic) bond motifs is 1. The zero-order valence-electron chi connectivity index (χ0n) is 19.2. The molecule has 2 fully saturated rings. The number of halogens is 2. The number of anilines is 1. The number of carboxylic acid groups (broad SMARTS) is 2. The average molecular weight is 487 g/mol. The molecule has 2 aromatic heterocycles. The zero-order valence-corrected chi connectivity index (χ0v) is 19.2. The number of hydrogen-bond acceptors (Lipinski definition) is 4. The number of carbonyl (C=O) groups excluding carboxylic acids is 1. The van der Waals surface area contributed by atoms with Crippen LogP contribution in [0.3, 0.4) is 0 Å². The van der Waals surface area contributed by atoms with E-state index < -0.39 is 17.8 Å². The molecular formula is C25H28F2N4O4. The normalized spacial score (nSPS) is 18.2. The van der Waals surface area contributed by atoms with E-state index in [1.165, 1.54) is 18.6 Å². The van der Waals surface area contributed by atoms with E-state index in [9.17, 15) is 13.6 Å². The van der Waals surface area contributed by atoms with Gasteiger partial charge in [0.1, 0.15) is 11.6 Å². The van der Waals surface area contributed by atoms with Crippen LogP contribution in [0.4, 0.5) is 19.3 Å². The number of nitrogens with zero attached hydrogens (tertiary/aromatic N) is 3. The van der Waals surface area contributed by atoms with Gasteiger partial charge in [-0.25, -0.2) is 18.1 Å². The molecule has 0 spiro atoms. The second-order valence-corrected chi connectivity index (χ2v) is 8.88. The third kappa shape index (κ3) is 5.70. The lowest BCUT2D eigenvalue weighted by molar-refractivity contribution is 0.0929. The topological polar surface area (TPSA) is 107 Å². The molecule has 2 aliphatic rings. The van der Waals surface area contributed by atoms with Gasteiger partial charge in [-0.3, -0.25) is 4.79 Å². The van der Waals surface area contributed by atoms with Crippen LogP contribution in [-0.4, -0.2) is 44.5 Å². The molecule has 1 aromatic carbocycles. The van der Waals surface area contributed by atoms with E-state index in [4.69, 9.17) is 15.0 Å². The van der Waals surface area contributed by atoms with Crippen molar-refractivity contribution in [3.05, 3.63) is 65.5 Å². The molecule has 10 heteroatoms. The van der Waals surface area contributed by atoms with Gasteiger partial charge in [-0.2, -0.15) is 5.10 Å². The first-order valence-corrected chi connectivity index (χ1v) is 11.7. The van der Waals surface area contributed by atoms with Crippen LogP contribution in [0.25, 0.3) is 5.52 Å². The first-order valence-electron chi connectivity index (χ1n) is 11.7. The molecule has 1 saturated carbocycles. The van der Waals surface area contributed by atoms with Gasteiger partial charge in [0.15, 0.2) is 0 Å². The minimum Gasteiger partial charge on any atom is -0.450 e. The fourth-order valence-electron chi connectivity index (χ4n) is 5.00. The van der Waals surface area contributed by atoms with E-state index in [0.717, 1.165) is 62.3 Å². The molecule has 8 nitrogen and oxygen atoms in total. The van der Waals surface area contributed by atoms with Gasteiger partial charge in [-0.1, -0.05) is 19.3 Å². The van der Waals surface area contributed by atoms with E-state index in [1.807, 2.05) is 18.3 Å². The van der Waals surface area contributed by atoms with Gasteiger partial charge in [0.2, 0.25) is 0 Å². The van der Waals surface area contributed by atoms with Crippen LogP contribution in [-0.2, 0) is 0 Å². The van der Waals surface area contributed by atoms with E-state index in [0.29, 0.717) is 11.1 Å². The van der Waals surface area contributed by atoms with Crippen LogP contribution in [0.15, 0.2) is 42.7 Å². The number of benzene rings is 1. The smallest absolute Gasteiger partial charge is 0.450 e. The number of rotatable bonds is 4. The van der Waals surface area contributed by atoms with Crippen LogP contribution in [0.2, 0.25) is 0 Å². The lowest BCUT2D eigenvalue weighted by Crippen LogP contribution is -2.36. The summed E-state index contributed by atoms with van der Waals surface area (Å²) >= 11 is 0. The molecule has 3 heterocycles. The number of aromatic nitrogens is 2. The van der Waals surface area contributed by atoms with Crippen LogP contribution in [0, 0.1) is 11.6 Å². The fourth-order valence-corrected chi connectivity index (χ4v) is 5.00. The Kier molecular flexibility index (Phi) is 7.48. The molecule has 0 radical (unpaired) electrons. The highest BCUT2D eigenvalue weighted by Gasteiger charge is 2.29. The van der Waals surface area contributed by atoms with Gasteiger partial charge in [0, 0.05) is 30.0 Å². The van der Waals surface area contributed by atoms with Crippen molar-refractivity contribution in [3.8, 4) is 0 Å². The third-order valence-corrected chi connectivity index (χ3v) is 6.59. The molecule has 1 saturated heterocycles. The monoisotopic (exact) mass is 486 g/mol. The first kappa shape index (κ1) is 24.4. The molecule has 35 heavy (non-hydrogen) atoms. The predicted octanol–water partition coefficient (Wildman–Crippen LogP) is 5.24. The van der Waals surface area contributed by atoms with Crippen molar-refractivity contribution in [3.63, 3.8) is 0 Å². The first-order chi connectivity index (χ1) is 16.8. The Hall–Kier alpha value is -3.69. The molecular weight excluding hydrogens is 458 g/mol. The molecule has 5 rings (SSSR count). The van der Waals surface area contributed by atoms with E-state index in [2.05, 4.69) is 15.3 Å². The van der Waals surface area contributed by atoms with Gasteiger partial charge in [0.05, 0.1) is 23.3 Å². The van der Waals surface area contributed by atoms with Crippen LogP contribution in [0.5, 0.6) is 0 Å². The average Bonchev–Trinajstić information content (AvgIpc) is 3.48. The molecule has 3 N–H and O–H groups in total. The molecule has 1 aliphatic heterocycles. The largest absolute Gasteiger partial charge is 0.503 e. The van der Waals surface area contributed by atoms with Crippen molar-refractivity contribution >= 4 is 23.3 Å². The molecule has 1 atom stereocenters. The fraction of sp³-hybridized carbons (Fsp3) is 0.400. The second kappa shape index (κ2) is 10.7. The highest BCUT2D eigenvalue weighted by Crippen LogP contribution is 2.38. The molecule has 1 amide bonds. The molecule has 0 bridgehead atoms. The van der Waals surface area contributed by atoms with Gasteiger partial charge in [0.25, 0.3) is 5.91 Å². The van der Waals surface area contributed by atoms with Crippen LogP contribution in [0.1, 0.15) is 66.9 Å². The van der Waals surface area contributed by atoms with Crippen molar-refractivity contribution in [2.75, 3.05) is 11.4 Å². The lowest BCUT2D eigenvalue weighted by atomic mass is 9.95. The summed E-state index contributed by atoms with van der Waals surface area (Å²) in [7, 11) is 0. The Morgan fingerprint density at radius 1 is 1.00 bits per heavy atom.